The summed E-state index contributed by atoms with van der Waals surface area (Å²) in [7, 11) is 0. The minimum Gasteiger partial charge on any atom is -0.349 e. The van der Waals surface area contributed by atoms with Crippen molar-refractivity contribution < 1.29 is 9.18 Å². The van der Waals surface area contributed by atoms with Gasteiger partial charge in [-0.15, -0.1) is 0 Å². The van der Waals surface area contributed by atoms with Crippen molar-refractivity contribution in [3.05, 3.63) is 34.6 Å². The molecule has 2 aliphatic rings. The van der Waals surface area contributed by atoms with Crippen molar-refractivity contribution in [2.75, 3.05) is 13.1 Å². The van der Waals surface area contributed by atoms with Gasteiger partial charge in [-0.3, -0.25) is 4.79 Å². The van der Waals surface area contributed by atoms with Crippen LogP contribution in [-0.4, -0.2) is 36.0 Å². The zero-order valence-electron chi connectivity index (χ0n) is 13.4. The molecule has 1 heterocycles. The second-order valence-electron chi connectivity index (χ2n) is 6.70. The van der Waals surface area contributed by atoms with E-state index in [1.54, 1.807) is 6.07 Å². The molecule has 126 valence electrons. The molecule has 1 saturated carbocycles. The molecule has 1 saturated heterocycles. The Morgan fingerprint density at radius 1 is 1.13 bits per heavy atom. The highest BCUT2D eigenvalue weighted by molar-refractivity contribution is 6.30. The Hall–Kier alpha value is -1.13. The number of hydrogen-bond donors (Lipinski definition) is 1. The summed E-state index contributed by atoms with van der Waals surface area (Å²) in [6.07, 6.45) is 8.57. The van der Waals surface area contributed by atoms with Gasteiger partial charge in [-0.2, -0.15) is 0 Å². The molecule has 3 rings (SSSR count). The van der Waals surface area contributed by atoms with Crippen LogP contribution >= 0.6 is 11.6 Å². The van der Waals surface area contributed by atoms with E-state index in [1.807, 2.05) is 0 Å². The van der Waals surface area contributed by atoms with Crippen molar-refractivity contribution in [1.82, 2.24) is 10.2 Å². The SMILES string of the molecule is O=C(NC1CCN(C2CCCCC2)CC1)c1ccc(Cl)cc1F. The average molecular weight is 339 g/mol. The van der Waals surface area contributed by atoms with E-state index in [2.05, 4.69) is 10.2 Å². The van der Waals surface area contributed by atoms with Crippen LogP contribution in [0.15, 0.2) is 18.2 Å². The van der Waals surface area contributed by atoms with E-state index in [-0.39, 0.29) is 17.5 Å². The molecule has 0 aromatic heterocycles. The Morgan fingerprint density at radius 2 is 1.83 bits per heavy atom. The molecular formula is C18H24ClFN2O. The van der Waals surface area contributed by atoms with Crippen molar-refractivity contribution >= 4 is 17.5 Å². The van der Waals surface area contributed by atoms with E-state index in [4.69, 9.17) is 11.6 Å². The maximum Gasteiger partial charge on any atom is 0.254 e. The van der Waals surface area contributed by atoms with E-state index in [0.717, 1.165) is 32.0 Å². The first-order valence-electron chi connectivity index (χ1n) is 8.63. The van der Waals surface area contributed by atoms with Gasteiger partial charge in [0, 0.05) is 30.2 Å². The van der Waals surface area contributed by atoms with Crippen molar-refractivity contribution in [1.29, 1.82) is 0 Å². The molecular weight excluding hydrogens is 315 g/mol. The van der Waals surface area contributed by atoms with Crippen LogP contribution in [0.5, 0.6) is 0 Å². The number of halogens is 2. The van der Waals surface area contributed by atoms with Crippen molar-refractivity contribution in [3.8, 4) is 0 Å². The van der Waals surface area contributed by atoms with Gasteiger partial charge in [0.2, 0.25) is 0 Å². The third kappa shape index (κ3) is 4.24. The number of nitrogens with zero attached hydrogens (tertiary/aromatic N) is 1. The van der Waals surface area contributed by atoms with Gasteiger partial charge in [-0.25, -0.2) is 4.39 Å². The first-order valence-corrected chi connectivity index (χ1v) is 9.01. The number of nitrogens with one attached hydrogen (secondary N) is 1. The average Bonchev–Trinajstić information content (AvgIpc) is 2.56. The third-order valence-corrected chi connectivity index (χ3v) is 5.37. The molecule has 5 heteroatoms. The third-order valence-electron chi connectivity index (χ3n) is 5.13. The van der Waals surface area contributed by atoms with Gasteiger partial charge in [0.1, 0.15) is 5.82 Å². The van der Waals surface area contributed by atoms with Crippen LogP contribution in [0.3, 0.4) is 0 Å². The molecule has 0 bridgehead atoms. The minimum absolute atomic E-state index is 0.0733. The Morgan fingerprint density at radius 3 is 2.48 bits per heavy atom. The molecule has 0 radical (unpaired) electrons. The van der Waals surface area contributed by atoms with Crippen molar-refractivity contribution in [2.24, 2.45) is 0 Å². The van der Waals surface area contributed by atoms with Gasteiger partial charge in [0.15, 0.2) is 0 Å². The summed E-state index contributed by atoms with van der Waals surface area (Å²) >= 11 is 5.73. The topological polar surface area (TPSA) is 32.3 Å². The van der Waals surface area contributed by atoms with E-state index >= 15 is 0 Å². The number of benzene rings is 1. The summed E-state index contributed by atoms with van der Waals surface area (Å²) in [6.45, 7) is 2.05. The van der Waals surface area contributed by atoms with Gasteiger partial charge in [-0.1, -0.05) is 30.9 Å². The van der Waals surface area contributed by atoms with E-state index in [1.165, 1.54) is 44.2 Å². The first-order chi connectivity index (χ1) is 11.1. The van der Waals surface area contributed by atoms with Crippen LogP contribution < -0.4 is 5.32 Å². The smallest absolute Gasteiger partial charge is 0.254 e. The molecule has 1 aliphatic carbocycles. The predicted molar refractivity (Wildman–Crippen MR) is 90.3 cm³/mol. The van der Waals surface area contributed by atoms with Crippen LogP contribution in [-0.2, 0) is 0 Å². The quantitative estimate of drug-likeness (QED) is 0.903. The minimum atomic E-state index is -0.561. The van der Waals surface area contributed by atoms with Gasteiger partial charge in [0.25, 0.3) is 5.91 Å². The summed E-state index contributed by atoms with van der Waals surface area (Å²) in [5, 5.41) is 3.28. The molecule has 1 aliphatic heterocycles. The molecule has 0 spiro atoms. The Bertz CT molecular complexity index is 552. The molecule has 1 amide bonds. The fourth-order valence-corrected chi connectivity index (χ4v) is 3.95. The lowest BCUT2D eigenvalue weighted by Crippen LogP contribution is -2.48. The van der Waals surface area contributed by atoms with Crippen LogP contribution in [0.25, 0.3) is 0 Å². The summed E-state index contributed by atoms with van der Waals surface area (Å²) in [5.41, 5.74) is 0.0733. The van der Waals surface area contributed by atoms with E-state index in [0.29, 0.717) is 5.02 Å². The Balaban J connectivity index is 1.51. The molecule has 1 aromatic rings. The number of amides is 1. The molecule has 23 heavy (non-hydrogen) atoms. The maximum absolute atomic E-state index is 13.8. The fraction of sp³-hybridized carbons (Fsp3) is 0.611. The summed E-state index contributed by atoms with van der Waals surface area (Å²) in [4.78, 5) is 14.8. The second-order valence-corrected chi connectivity index (χ2v) is 7.14. The number of rotatable bonds is 3. The number of carbonyl (C=O) groups excluding carboxylic acids is 1. The zero-order chi connectivity index (χ0) is 16.2. The van der Waals surface area contributed by atoms with E-state index in [9.17, 15) is 9.18 Å². The van der Waals surface area contributed by atoms with Gasteiger partial charge in [0.05, 0.1) is 5.56 Å². The highest BCUT2D eigenvalue weighted by Crippen LogP contribution is 2.25. The highest BCUT2D eigenvalue weighted by Gasteiger charge is 2.27. The van der Waals surface area contributed by atoms with Crippen LogP contribution in [0, 0.1) is 5.82 Å². The number of carbonyl (C=O) groups is 1. The Labute approximate surface area is 142 Å². The normalized spacial score (nSPS) is 21.3. The summed E-state index contributed by atoms with van der Waals surface area (Å²) < 4.78 is 13.8. The monoisotopic (exact) mass is 338 g/mol. The van der Waals surface area contributed by atoms with Crippen molar-refractivity contribution in [2.45, 2.75) is 57.0 Å². The van der Waals surface area contributed by atoms with Crippen LogP contribution in [0.2, 0.25) is 5.02 Å². The molecule has 1 N–H and O–H groups in total. The highest BCUT2D eigenvalue weighted by atomic mass is 35.5. The van der Waals surface area contributed by atoms with Gasteiger partial charge < -0.3 is 10.2 Å². The molecule has 0 atom stereocenters. The van der Waals surface area contributed by atoms with E-state index < -0.39 is 5.82 Å². The lowest BCUT2D eigenvalue weighted by molar-refractivity contribution is 0.0862. The lowest BCUT2D eigenvalue weighted by Gasteiger charge is -2.39. The first kappa shape index (κ1) is 16.7. The number of likely N-dealkylation sites (tertiary alicyclic amines) is 1. The lowest BCUT2D eigenvalue weighted by atomic mass is 9.92. The fourth-order valence-electron chi connectivity index (χ4n) is 3.79. The largest absolute Gasteiger partial charge is 0.349 e. The van der Waals surface area contributed by atoms with Crippen molar-refractivity contribution in [3.63, 3.8) is 0 Å². The molecule has 3 nitrogen and oxygen atoms in total. The van der Waals surface area contributed by atoms with Gasteiger partial charge >= 0.3 is 0 Å². The zero-order valence-corrected chi connectivity index (χ0v) is 14.1. The molecule has 1 aromatic carbocycles. The van der Waals surface area contributed by atoms with Crippen LogP contribution in [0.1, 0.15) is 55.3 Å². The summed E-state index contributed by atoms with van der Waals surface area (Å²) in [6, 6.07) is 5.05. The Kier molecular flexibility index (Phi) is 5.54. The van der Waals surface area contributed by atoms with Crippen LogP contribution in [0.4, 0.5) is 4.39 Å². The number of piperidine rings is 1. The predicted octanol–water partition coefficient (Wildman–Crippen LogP) is 4.01. The second kappa shape index (κ2) is 7.63. The molecule has 2 fully saturated rings. The number of hydrogen-bond acceptors (Lipinski definition) is 2. The van der Waals surface area contributed by atoms with Gasteiger partial charge in [-0.05, 0) is 43.9 Å². The standard InChI is InChI=1S/C18H24ClFN2O/c19-13-6-7-16(17(20)12-13)18(23)21-14-8-10-22(11-9-14)15-4-2-1-3-5-15/h6-7,12,14-15H,1-5,8-11H2,(H,21,23). The maximum atomic E-state index is 13.8. The molecule has 0 unspecified atom stereocenters. The summed E-state index contributed by atoms with van der Waals surface area (Å²) in [5.74, 6) is -0.898.